The van der Waals surface area contributed by atoms with Crippen LogP contribution in [0.5, 0.6) is 11.5 Å². The Labute approximate surface area is 204 Å². The second-order valence-corrected chi connectivity index (χ2v) is 8.22. The number of methoxy groups -OCH3 is 1. The molecule has 1 aliphatic rings. The van der Waals surface area contributed by atoms with Gasteiger partial charge in [0, 0.05) is 44.9 Å². The van der Waals surface area contributed by atoms with Crippen LogP contribution in [0.2, 0.25) is 0 Å². The van der Waals surface area contributed by atoms with E-state index in [-0.39, 0.29) is 43.3 Å². The zero-order valence-electron chi connectivity index (χ0n) is 20.1. The summed E-state index contributed by atoms with van der Waals surface area (Å²) in [5.74, 6) is 0.0328. The summed E-state index contributed by atoms with van der Waals surface area (Å²) in [7, 11) is 4.78. The highest BCUT2D eigenvalue weighted by atomic mass is 16.5. The van der Waals surface area contributed by atoms with Crippen LogP contribution in [0.3, 0.4) is 0 Å². The fraction of sp³-hybridized carbons (Fsp3) is 0.360. The van der Waals surface area contributed by atoms with Crippen LogP contribution in [0, 0.1) is 0 Å². The van der Waals surface area contributed by atoms with Gasteiger partial charge in [0.1, 0.15) is 0 Å². The van der Waals surface area contributed by atoms with Crippen molar-refractivity contribution in [2.24, 2.45) is 0 Å². The lowest BCUT2D eigenvalue weighted by Crippen LogP contribution is -2.36. The predicted molar refractivity (Wildman–Crippen MR) is 129 cm³/mol. The highest BCUT2D eigenvalue weighted by Gasteiger charge is 2.21. The molecule has 0 saturated carbocycles. The van der Waals surface area contributed by atoms with E-state index in [0.29, 0.717) is 30.0 Å². The number of hydrogen-bond donors (Lipinski definition) is 2. The molecule has 0 atom stereocenters. The van der Waals surface area contributed by atoms with Crippen LogP contribution in [0.15, 0.2) is 42.5 Å². The van der Waals surface area contributed by atoms with Gasteiger partial charge < -0.3 is 29.9 Å². The lowest BCUT2D eigenvalue weighted by atomic mass is 10.2. The smallest absolute Gasteiger partial charge is 0.259 e. The van der Waals surface area contributed by atoms with Crippen molar-refractivity contribution in [2.45, 2.75) is 19.4 Å². The Bertz CT molecular complexity index is 1080. The number of amides is 4. The molecule has 1 fully saturated rings. The van der Waals surface area contributed by atoms with Crippen molar-refractivity contribution in [3.8, 4) is 11.5 Å². The molecule has 4 amide bonds. The minimum absolute atomic E-state index is 0.0816. The molecule has 1 aliphatic heterocycles. The molecule has 0 unspecified atom stereocenters. The van der Waals surface area contributed by atoms with Crippen LogP contribution in [0.4, 0.5) is 5.69 Å². The molecule has 35 heavy (non-hydrogen) atoms. The third kappa shape index (κ3) is 6.95. The Morgan fingerprint density at radius 2 is 1.77 bits per heavy atom. The van der Waals surface area contributed by atoms with Crippen molar-refractivity contribution in [3.05, 3.63) is 53.6 Å². The average Bonchev–Trinajstić information content (AvgIpc) is 3.30. The molecule has 0 aliphatic carbocycles. The summed E-state index contributed by atoms with van der Waals surface area (Å²) in [6.45, 7) is 0.608. The number of rotatable bonds is 10. The first-order chi connectivity index (χ1) is 16.8. The van der Waals surface area contributed by atoms with E-state index in [2.05, 4.69) is 10.6 Å². The van der Waals surface area contributed by atoms with Gasteiger partial charge in [-0.3, -0.25) is 19.2 Å². The van der Waals surface area contributed by atoms with Gasteiger partial charge >= 0.3 is 0 Å². The molecule has 186 valence electrons. The summed E-state index contributed by atoms with van der Waals surface area (Å²) in [6, 6.07) is 11.9. The Morgan fingerprint density at radius 1 is 1.03 bits per heavy atom. The van der Waals surface area contributed by atoms with Crippen LogP contribution in [-0.4, -0.2) is 69.4 Å². The number of anilines is 1. The number of ether oxygens (including phenoxy) is 2. The van der Waals surface area contributed by atoms with Gasteiger partial charge in [0.25, 0.3) is 11.8 Å². The van der Waals surface area contributed by atoms with Crippen molar-refractivity contribution in [1.82, 2.24) is 15.5 Å². The Kier molecular flexibility index (Phi) is 8.66. The van der Waals surface area contributed by atoms with Crippen LogP contribution in [0.1, 0.15) is 28.8 Å². The maximum absolute atomic E-state index is 12.4. The molecule has 0 bridgehead atoms. The van der Waals surface area contributed by atoms with Crippen LogP contribution in [0.25, 0.3) is 0 Å². The molecule has 3 rings (SSSR count). The van der Waals surface area contributed by atoms with E-state index in [9.17, 15) is 19.2 Å². The van der Waals surface area contributed by atoms with E-state index >= 15 is 0 Å². The summed E-state index contributed by atoms with van der Waals surface area (Å²) in [5, 5.41) is 5.33. The van der Waals surface area contributed by atoms with E-state index < -0.39 is 0 Å². The molecule has 2 N–H and O–H groups in total. The zero-order chi connectivity index (χ0) is 25.4. The molecule has 1 heterocycles. The normalized spacial score (nSPS) is 12.8. The second-order valence-electron chi connectivity index (χ2n) is 8.22. The highest BCUT2D eigenvalue weighted by Crippen LogP contribution is 2.28. The van der Waals surface area contributed by atoms with Crippen molar-refractivity contribution in [3.63, 3.8) is 0 Å². The largest absolute Gasteiger partial charge is 0.493 e. The molecule has 1 saturated heterocycles. The van der Waals surface area contributed by atoms with E-state index in [4.69, 9.17) is 9.47 Å². The maximum atomic E-state index is 12.4. The molecular weight excluding hydrogens is 452 g/mol. The molecule has 10 nitrogen and oxygen atoms in total. The zero-order valence-corrected chi connectivity index (χ0v) is 20.1. The third-order valence-corrected chi connectivity index (χ3v) is 5.49. The first kappa shape index (κ1) is 25.5. The van der Waals surface area contributed by atoms with E-state index in [1.807, 2.05) is 0 Å². The number of carbonyl (C=O) groups excluding carboxylic acids is 4. The number of carbonyl (C=O) groups is 4. The first-order valence-electron chi connectivity index (χ1n) is 11.2. The lowest BCUT2D eigenvalue weighted by Gasteiger charge is -2.16. The molecular formula is C25H30N4O6. The highest BCUT2D eigenvalue weighted by molar-refractivity contribution is 5.98. The van der Waals surface area contributed by atoms with Crippen LogP contribution in [-0.2, 0) is 20.9 Å². The van der Waals surface area contributed by atoms with Gasteiger partial charge in [-0.1, -0.05) is 6.07 Å². The minimum atomic E-state index is -0.380. The van der Waals surface area contributed by atoms with Crippen LogP contribution < -0.4 is 25.0 Å². The molecule has 2 aromatic carbocycles. The van der Waals surface area contributed by atoms with Gasteiger partial charge in [-0.15, -0.1) is 0 Å². The summed E-state index contributed by atoms with van der Waals surface area (Å²) in [6.07, 6.45) is 1.37. The third-order valence-electron chi connectivity index (χ3n) is 5.49. The standard InChI is InChI=1S/C25H30N4O6/c1-28(2)24(32)16-35-20-11-6-17(13-21(20)34-3)14-26-22(30)15-27-25(33)18-7-9-19(10-8-18)29-12-4-5-23(29)31/h6-11,13H,4-5,12,14-16H2,1-3H3,(H,26,30)(H,27,33). The van der Waals surface area contributed by atoms with Crippen molar-refractivity contribution < 1.29 is 28.7 Å². The van der Waals surface area contributed by atoms with E-state index in [1.165, 1.54) is 12.0 Å². The molecule has 0 aromatic heterocycles. The quantitative estimate of drug-likeness (QED) is 0.528. The average molecular weight is 483 g/mol. The van der Waals surface area contributed by atoms with E-state index in [0.717, 1.165) is 17.7 Å². The topological polar surface area (TPSA) is 117 Å². The fourth-order valence-electron chi connectivity index (χ4n) is 3.45. The predicted octanol–water partition coefficient (Wildman–Crippen LogP) is 1.34. The summed E-state index contributed by atoms with van der Waals surface area (Å²) < 4.78 is 10.8. The Balaban J connectivity index is 1.46. The molecule has 0 radical (unpaired) electrons. The first-order valence-corrected chi connectivity index (χ1v) is 11.2. The number of nitrogens with zero attached hydrogens (tertiary/aromatic N) is 2. The minimum Gasteiger partial charge on any atom is -0.493 e. The Morgan fingerprint density at radius 3 is 2.40 bits per heavy atom. The lowest BCUT2D eigenvalue weighted by molar-refractivity contribution is -0.130. The van der Waals surface area contributed by atoms with Gasteiger partial charge in [-0.2, -0.15) is 0 Å². The van der Waals surface area contributed by atoms with Crippen molar-refractivity contribution >= 4 is 29.3 Å². The number of hydrogen-bond acceptors (Lipinski definition) is 6. The van der Waals surface area contributed by atoms with Gasteiger partial charge in [-0.05, 0) is 48.4 Å². The SMILES string of the molecule is COc1cc(CNC(=O)CNC(=O)c2ccc(N3CCCC3=O)cc2)ccc1OCC(=O)N(C)C. The fourth-order valence-corrected chi connectivity index (χ4v) is 3.45. The Hall–Kier alpha value is -4.08. The van der Waals surface area contributed by atoms with Gasteiger partial charge in [-0.25, -0.2) is 0 Å². The second kappa shape index (κ2) is 11.9. The number of likely N-dealkylation sites (N-methyl/N-ethyl adjacent to an activating group) is 1. The van der Waals surface area contributed by atoms with Crippen molar-refractivity contribution in [1.29, 1.82) is 0 Å². The molecule has 0 spiro atoms. The van der Waals surface area contributed by atoms with Crippen LogP contribution >= 0.6 is 0 Å². The van der Waals surface area contributed by atoms with Gasteiger partial charge in [0.05, 0.1) is 13.7 Å². The number of nitrogens with one attached hydrogen (secondary N) is 2. The van der Waals surface area contributed by atoms with Crippen molar-refractivity contribution in [2.75, 3.05) is 45.8 Å². The summed E-state index contributed by atoms with van der Waals surface area (Å²) in [5.41, 5.74) is 1.93. The summed E-state index contributed by atoms with van der Waals surface area (Å²) >= 11 is 0. The van der Waals surface area contributed by atoms with Gasteiger partial charge in [0.2, 0.25) is 11.8 Å². The van der Waals surface area contributed by atoms with E-state index in [1.54, 1.807) is 61.5 Å². The number of benzene rings is 2. The maximum Gasteiger partial charge on any atom is 0.259 e. The molecule has 2 aromatic rings. The summed E-state index contributed by atoms with van der Waals surface area (Å²) in [4.78, 5) is 51.3. The van der Waals surface area contributed by atoms with Gasteiger partial charge in [0.15, 0.2) is 18.1 Å². The molecule has 10 heteroatoms. The monoisotopic (exact) mass is 482 g/mol.